The van der Waals surface area contributed by atoms with E-state index < -0.39 is 0 Å². The molecular formula is C24H26N6. The number of piperidine rings is 1. The van der Waals surface area contributed by atoms with E-state index in [4.69, 9.17) is 10.1 Å². The Morgan fingerprint density at radius 1 is 0.967 bits per heavy atom. The third kappa shape index (κ3) is 4.33. The van der Waals surface area contributed by atoms with Gasteiger partial charge in [-0.3, -0.25) is 9.88 Å². The molecule has 4 aromatic rings. The van der Waals surface area contributed by atoms with Crippen molar-refractivity contribution in [3.05, 3.63) is 90.1 Å². The third-order valence-corrected chi connectivity index (χ3v) is 5.71. The van der Waals surface area contributed by atoms with E-state index in [-0.39, 0.29) is 0 Å². The molecule has 0 radical (unpaired) electrons. The Balaban J connectivity index is 1.27. The van der Waals surface area contributed by atoms with E-state index >= 15 is 0 Å². The van der Waals surface area contributed by atoms with E-state index in [0.717, 1.165) is 49.8 Å². The van der Waals surface area contributed by atoms with Crippen molar-refractivity contribution < 1.29 is 0 Å². The number of benzene rings is 1. The Morgan fingerprint density at radius 2 is 1.83 bits per heavy atom. The summed E-state index contributed by atoms with van der Waals surface area (Å²) >= 11 is 0. The minimum Gasteiger partial charge on any atom is -0.380 e. The number of anilines is 1. The maximum absolute atomic E-state index is 4.82. The number of hydrogen-bond acceptors (Lipinski definition) is 5. The number of likely N-dealkylation sites (tertiary alicyclic amines) is 1. The van der Waals surface area contributed by atoms with Crippen LogP contribution in [0.4, 0.5) is 5.69 Å². The zero-order valence-electron chi connectivity index (χ0n) is 17.0. The fourth-order valence-corrected chi connectivity index (χ4v) is 4.13. The quantitative estimate of drug-likeness (QED) is 0.530. The van der Waals surface area contributed by atoms with Gasteiger partial charge in [-0.2, -0.15) is 5.10 Å². The molecule has 3 aromatic heterocycles. The van der Waals surface area contributed by atoms with Crippen molar-refractivity contribution in [1.29, 1.82) is 0 Å². The number of nitrogens with zero attached hydrogens (tertiary/aromatic N) is 5. The molecule has 6 nitrogen and oxygen atoms in total. The van der Waals surface area contributed by atoms with Gasteiger partial charge in [0.2, 0.25) is 0 Å². The monoisotopic (exact) mass is 398 g/mol. The predicted molar refractivity (Wildman–Crippen MR) is 118 cm³/mol. The molecule has 1 atom stereocenters. The zero-order valence-corrected chi connectivity index (χ0v) is 17.0. The first-order valence-electron chi connectivity index (χ1n) is 10.6. The van der Waals surface area contributed by atoms with Gasteiger partial charge in [0.05, 0.1) is 11.9 Å². The van der Waals surface area contributed by atoms with Gasteiger partial charge in [0, 0.05) is 37.9 Å². The van der Waals surface area contributed by atoms with Crippen LogP contribution in [-0.2, 0) is 13.1 Å². The molecular weight excluding hydrogens is 372 g/mol. The molecule has 4 heterocycles. The highest BCUT2D eigenvalue weighted by Gasteiger charge is 2.24. The molecule has 0 bridgehead atoms. The Bertz CT molecular complexity index is 1090. The Hall–Kier alpha value is -3.25. The number of aromatic nitrogens is 4. The van der Waals surface area contributed by atoms with Crippen LogP contribution in [0.5, 0.6) is 0 Å². The van der Waals surface area contributed by atoms with E-state index in [9.17, 15) is 0 Å². The van der Waals surface area contributed by atoms with E-state index in [2.05, 4.69) is 57.7 Å². The van der Waals surface area contributed by atoms with Gasteiger partial charge in [-0.1, -0.05) is 30.3 Å². The van der Waals surface area contributed by atoms with Gasteiger partial charge < -0.3 is 5.32 Å². The summed E-state index contributed by atoms with van der Waals surface area (Å²) in [5, 5.41) is 8.30. The molecule has 1 aliphatic heterocycles. The summed E-state index contributed by atoms with van der Waals surface area (Å²) in [6.07, 6.45) is 8.08. The number of rotatable bonds is 6. The maximum Gasteiger partial charge on any atom is 0.156 e. The van der Waals surface area contributed by atoms with E-state index in [0.29, 0.717) is 5.92 Å². The molecule has 1 N–H and O–H groups in total. The second kappa shape index (κ2) is 8.63. The Kier molecular flexibility index (Phi) is 5.40. The summed E-state index contributed by atoms with van der Waals surface area (Å²) in [4.78, 5) is 11.4. The number of fused-ring (bicyclic) bond motifs is 1. The molecule has 1 aromatic carbocycles. The molecule has 5 rings (SSSR count). The first-order chi connectivity index (χ1) is 14.8. The standard InChI is InChI=1S/C24H26N6/c1-2-5-19(6-3-1)15-26-22-8-9-23-27-24(28-30(23)18-22)21-7-4-14-29(17-21)16-20-10-12-25-13-11-20/h1-3,5-6,8-13,18,21,26H,4,7,14-17H2/t21-/m0/s1. The van der Waals surface area contributed by atoms with E-state index in [1.165, 1.54) is 17.5 Å². The van der Waals surface area contributed by atoms with Gasteiger partial charge in [0.25, 0.3) is 0 Å². The van der Waals surface area contributed by atoms with Crippen LogP contribution in [0, 0.1) is 0 Å². The third-order valence-electron chi connectivity index (χ3n) is 5.71. The molecule has 6 heteroatoms. The van der Waals surface area contributed by atoms with Crippen LogP contribution in [0.2, 0.25) is 0 Å². The van der Waals surface area contributed by atoms with Crippen molar-refractivity contribution in [2.24, 2.45) is 0 Å². The highest BCUT2D eigenvalue weighted by atomic mass is 15.3. The molecule has 1 fully saturated rings. The first kappa shape index (κ1) is 18.8. The topological polar surface area (TPSA) is 58.4 Å². The average molecular weight is 399 g/mol. The summed E-state index contributed by atoms with van der Waals surface area (Å²) < 4.78 is 1.91. The largest absolute Gasteiger partial charge is 0.380 e. The van der Waals surface area contributed by atoms with Crippen LogP contribution in [0.15, 0.2) is 73.2 Å². The van der Waals surface area contributed by atoms with Gasteiger partial charge in [0.1, 0.15) is 0 Å². The van der Waals surface area contributed by atoms with E-state index in [1.54, 1.807) is 0 Å². The molecule has 0 unspecified atom stereocenters. The Labute approximate surface area is 176 Å². The second-order valence-corrected chi connectivity index (χ2v) is 7.96. The minimum absolute atomic E-state index is 0.376. The van der Waals surface area contributed by atoms with Crippen molar-refractivity contribution in [2.75, 3.05) is 18.4 Å². The summed E-state index contributed by atoms with van der Waals surface area (Å²) in [6, 6.07) is 18.7. The van der Waals surface area contributed by atoms with Gasteiger partial charge in [-0.25, -0.2) is 9.50 Å². The SMILES string of the molecule is c1ccc(CNc2ccc3nc([C@H]4CCCN(Cc5ccncc5)C4)nn3c2)cc1. The minimum atomic E-state index is 0.376. The number of pyridine rings is 2. The fraction of sp³-hybridized carbons (Fsp3) is 0.292. The van der Waals surface area contributed by atoms with Crippen molar-refractivity contribution in [1.82, 2.24) is 24.5 Å². The lowest BCUT2D eigenvalue weighted by atomic mass is 9.97. The molecule has 0 amide bonds. The van der Waals surface area contributed by atoms with Crippen LogP contribution >= 0.6 is 0 Å². The molecule has 1 aliphatic rings. The molecule has 1 saturated heterocycles. The molecule has 152 valence electrons. The molecule has 0 saturated carbocycles. The smallest absolute Gasteiger partial charge is 0.156 e. The zero-order chi connectivity index (χ0) is 20.2. The highest BCUT2D eigenvalue weighted by molar-refractivity contribution is 5.49. The highest BCUT2D eigenvalue weighted by Crippen LogP contribution is 2.26. The van der Waals surface area contributed by atoms with E-state index in [1.807, 2.05) is 35.2 Å². The van der Waals surface area contributed by atoms with Crippen LogP contribution in [0.3, 0.4) is 0 Å². The predicted octanol–water partition coefficient (Wildman–Crippen LogP) is 4.12. The van der Waals surface area contributed by atoms with Gasteiger partial charge in [-0.15, -0.1) is 0 Å². The van der Waals surface area contributed by atoms with Crippen molar-refractivity contribution in [3.8, 4) is 0 Å². The fourth-order valence-electron chi connectivity index (χ4n) is 4.13. The summed E-state index contributed by atoms with van der Waals surface area (Å²) in [7, 11) is 0. The van der Waals surface area contributed by atoms with Crippen molar-refractivity contribution in [2.45, 2.75) is 31.8 Å². The lowest BCUT2D eigenvalue weighted by molar-refractivity contribution is 0.196. The van der Waals surface area contributed by atoms with Crippen LogP contribution in [-0.4, -0.2) is 37.6 Å². The molecule has 0 spiro atoms. The van der Waals surface area contributed by atoms with Crippen LogP contribution < -0.4 is 5.32 Å². The van der Waals surface area contributed by atoms with Crippen molar-refractivity contribution >= 4 is 11.3 Å². The summed E-state index contributed by atoms with van der Waals surface area (Å²) in [6.45, 7) is 3.87. The van der Waals surface area contributed by atoms with Gasteiger partial charge in [-0.05, 0) is 54.8 Å². The molecule has 30 heavy (non-hydrogen) atoms. The lowest BCUT2D eigenvalue weighted by Crippen LogP contribution is -2.34. The van der Waals surface area contributed by atoms with Gasteiger partial charge in [0.15, 0.2) is 11.5 Å². The maximum atomic E-state index is 4.82. The van der Waals surface area contributed by atoms with Crippen molar-refractivity contribution in [3.63, 3.8) is 0 Å². The molecule has 0 aliphatic carbocycles. The Morgan fingerprint density at radius 3 is 2.70 bits per heavy atom. The summed E-state index contributed by atoms with van der Waals surface area (Å²) in [5.74, 6) is 1.33. The summed E-state index contributed by atoms with van der Waals surface area (Å²) in [5.41, 5.74) is 4.52. The number of hydrogen-bond donors (Lipinski definition) is 1. The first-order valence-corrected chi connectivity index (χ1v) is 10.6. The van der Waals surface area contributed by atoms with Crippen LogP contribution in [0.25, 0.3) is 5.65 Å². The number of nitrogens with one attached hydrogen (secondary N) is 1. The van der Waals surface area contributed by atoms with Gasteiger partial charge >= 0.3 is 0 Å². The lowest BCUT2D eigenvalue weighted by Gasteiger charge is -2.31. The van der Waals surface area contributed by atoms with Crippen LogP contribution in [0.1, 0.15) is 35.7 Å². The average Bonchev–Trinajstić information content (AvgIpc) is 3.23. The normalized spacial score (nSPS) is 17.3. The second-order valence-electron chi connectivity index (χ2n) is 7.96.